The minimum Gasteiger partial charge on any atom is -0.492 e. The van der Waals surface area contributed by atoms with Gasteiger partial charge in [0, 0.05) is 17.4 Å². The molecule has 0 bridgehead atoms. The van der Waals surface area contributed by atoms with Gasteiger partial charge in [-0.2, -0.15) is 0 Å². The van der Waals surface area contributed by atoms with Gasteiger partial charge in [0.15, 0.2) is 0 Å². The predicted octanol–water partition coefficient (Wildman–Crippen LogP) is 4.86. The number of pyridine rings is 1. The summed E-state index contributed by atoms with van der Waals surface area (Å²) in [7, 11) is 0. The molecule has 4 heteroatoms. The van der Waals surface area contributed by atoms with E-state index in [1.165, 1.54) is 0 Å². The van der Waals surface area contributed by atoms with Gasteiger partial charge in [-0.25, -0.2) is 0 Å². The lowest BCUT2D eigenvalue weighted by Crippen LogP contribution is -2.19. The van der Waals surface area contributed by atoms with Crippen LogP contribution < -0.4 is 10.1 Å². The molecule has 1 amide bonds. The zero-order valence-electron chi connectivity index (χ0n) is 16.1. The molecule has 0 aliphatic heterocycles. The number of nitrogens with zero attached hydrogens (tertiary/aromatic N) is 1. The van der Waals surface area contributed by atoms with Crippen LogP contribution in [0, 0.1) is 26.7 Å². The maximum Gasteiger partial charge on any atom is 0.261 e. The fourth-order valence-corrected chi connectivity index (χ4v) is 2.65. The Morgan fingerprint density at radius 2 is 1.96 bits per heavy atom. The first-order chi connectivity index (χ1) is 11.8. The van der Waals surface area contributed by atoms with Gasteiger partial charge in [-0.05, 0) is 50.3 Å². The molecule has 0 saturated carbocycles. The Hall–Kier alpha value is -2.36. The molecule has 2 rings (SSSR count). The van der Waals surface area contributed by atoms with Crippen LogP contribution in [0.5, 0.6) is 5.75 Å². The molecule has 4 nitrogen and oxygen atoms in total. The third-order valence-corrected chi connectivity index (χ3v) is 4.17. The summed E-state index contributed by atoms with van der Waals surface area (Å²) in [5.74, 6) is 0.825. The predicted molar refractivity (Wildman–Crippen MR) is 103 cm³/mol. The summed E-state index contributed by atoms with van der Waals surface area (Å²) in [6.45, 7) is 12.7. The molecule has 0 saturated heterocycles. The van der Waals surface area contributed by atoms with Crippen LogP contribution in [-0.4, -0.2) is 17.5 Å². The van der Waals surface area contributed by atoms with E-state index < -0.39 is 0 Å². The van der Waals surface area contributed by atoms with Crippen molar-refractivity contribution in [3.63, 3.8) is 0 Å². The first-order valence-corrected chi connectivity index (χ1v) is 8.84. The molecule has 1 aromatic heterocycles. The van der Waals surface area contributed by atoms with Crippen molar-refractivity contribution >= 4 is 11.6 Å². The largest absolute Gasteiger partial charge is 0.492 e. The second kappa shape index (κ2) is 8.15. The number of hydrogen-bond acceptors (Lipinski definition) is 3. The Labute approximate surface area is 150 Å². The fourth-order valence-electron chi connectivity index (χ4n) is 2.65. The molecule has 0 spiro atoms. The van der Waals surface area contributed by atoms with Crippen LogP contribution in [-0.2, 0) is 6.42 Å². The van der Waals surface area contributed by atoms with Gasteiger partial charge in [-0.1, -0.05) is 32.9 Å². The van der Waals surface area contributed by atoms with E-state index in [2.05, 4.69) is 24.1 Å². The standard InChI is InChI=1S/C21H28N2O2/c1-7-17-20(19(11-15(5)22-17)25-12-13(2)3)21(24)23-18-10-8-9-14(4)16(18)6/h8-11,13H,7,12H2,1-6H3,(H,23,24). The monoisotopic (exact) mass is 340 g/mol. The molecule has 1 N–H and O–H groups in total. The van der Waals surface area contributed by atoms with E-state index in [1.54, 1.807) is 0 Å². The highest BCUT2D eigenvalue weighted by Gasteiger charge is 2.20. The molecule has 0 unspecified atom stereocenters. The number of anilines is 1. The number of carbonyl (C=O) groups is 1. The number of aromatic nitrogens is 1. The highest BCUT2D eigenvalue weighted by atomic mass is 16.5. The second-order valence-corrected chi connectivity index (χ2v) is 6.84. The molecule has 0 aliphatic rings. The van der Waals surface area contributed by atoms with Gasteiger partial charge in [0.05, 0.1) is 12.3 Å². The molecule has 0 aliphatic carbocycles. The Balaban J connectivity index is 2.41. The maximum absolute atomic E-state index is 13.0. The van der Waals surface area contributed by atoms with Crippen LogP contribution in [0.15, 0.2) is 24.3 Å². The van der Waals surface area contributed by atoms with Crippen molar-refractivity contribution in [1.82, 2.24) is 4.98 Å². The zero-order valence-corrected chi connectivity index (χ0v) is 16.1. The van der Waals surface area contributed by atoms with Crippen molar-refractivity contribution in [2.24, 2.45) is 5.92 Å². The number of aryl methyl sites for hydroxylation is 3. The normalized spacial score (nSPS) is 10.8. The van der Waals surface area contributed by atoms with Gasteiger partial charge < -0.3 is 10.1 Å². The SMILES string of the molecule is CCc1nc(C)cc(OCC(C)C)c1C(=O)Nc1cccc(C)c1C. The average molecular weight is 340 g/mol. The van der Waals surface area contributed by atoms with E-state index in [9.17, 15) is 4.79 Å². The Morgan fingerprint density at radius 1 is 1.24 bits per heavy atom. The van der Waals surface area contributed by atoms with Crippen molar-refractivity contribution < 1.29 is 9.53 Å². The summed E-state index contributed by atoms with van der Waals surface area (Å²) in [4.78, 5) is 17.5. The lowest BCUT2D eigenvalue weighted by atomic mass is 10.1. The lowest BCUT2D eigenvalue weighted by molar-refractivity contribution is 0.102. The van der Waals surface area contributed by atoms with E-state index in [0.29, 0.717) is 30.3 Å². The molecular formula is C21H28N2O2. The summed E-state index contributed by atoms with van der Waals surface area (Å²) in [5, 5.41) is 3.03. The van der Waals surface area contributed by atoms with Gasteiger partial charge in [0.25, 0.3) is 5.91 Å². The number of carbonyl (C=O) groups excluding carboxylic acids is 1. The third-order valence-electron chi connectivity index (χ3n) is 4.17. The van der Waals surface area contributed by atoms with Gasteiger partial charge in [0.2, 0.25) is 0 Å². The number of hydrogen-bond donors (Lipinski definition) is 1. The van der Waals surface area contributed by atoms with Crippen LogP contribution in [0.25, 0.3) is 0 Å². The molecule has 1 aromatic carbocycles. The van der Waals surface area contributed by atoms with Crippen molar-refractivity contribution in [2.45, 2.75) is 48.0 Å². The first kappa shape index (κ1) is 19.0. The fraction of sp³-hybridized carbons (Fsp3) is 0.429. The van der Waals surface area contributed by atoms with Crippen LogP contribution in [0.3, 0.4) is 0 Å². The highest BCUT2D eigenvalue weighted by Crippen LogP contribution is 2.26. The molecule has 1 heterocycles. The Morgan fingerprint density at radius 3 is 2.60 bits per heavy atom. The van der Waals surface area contributed by atoms with Crippen LogP contribution in [0.4, 0.5) is 5.69 Å². The number of nitrogens with one attached hydrogen (secondary N) is 1. The lowest BCUT2D eigenvalue weighted by Gasteiger charge is -2.17. The molecule has 0 atom stereocenters. The smallest absolute Gasteiger partial charge is 0.261 e. The van der Waals surface area contributed by atoms with Crippen molar-refractivity contribution in [1.29, 1.82) is 0 Å². The summed E-state index contributed by atoms with van der Waals surface area (Å²) < 4.78 is 5.93. The van der Waals surface area contributed by atoms with E-state index in [-0.39, 0.29) is 5.91 Å². The summed E-state index contributed by atoms with van der Waals surface area (Å²) in [6.07, 6.45) is 0.676. The zero-order chi connectivity index (χ0) is 18.6. The van der Waals surface area contributed by atoms with E-state index >= 15 is 0 Å². The third kappa shape index (κ3) is 4.59. The number of amides is 1. The van der Waals surface area contributed by atoms with Crippen LogP contribution >= 0.6 is 0 Å². The van der Waals surface area contributed by atoms with E-state index in [0.717, 1.165) is 28.2 Å². The van der Waals surface area contributed by atoms with Gasteiger partial charge in [-0.15, -0.1) is 0 Å². The molecule has 0 radical (unpaired) electrons. The molecule has 0 fully saturated rings. The van der Waals surface area contributed by atoms with Crippen molar-refractivity contribution in [3.05, 3.63) is 52.3 Å². The van der Waals surface area contributed by atoms with Gasteiger partial charge in [0.1, 0.15) is 11.3 Å². The number of ether oxygens (including phenoxy) is 1. The second-order valence-electron chi connectivity index (χ2n) is 6.84. The average Bonchev–Trinajstić information content (AvgIpc) is 2.56. The Kier molecular flexibility index (Phi) is 6.18. The highest BCUT2D eigenvalue weighted by molar-refractivity contribution is 6.07. The van der Waals surface area contributed by atoms with E-state index in [1.807, 2.05) is 52.0 Å². The van der Waals surface area contributed by atoms with Gasteiger partial charge >= 0.3 is 0 Å². The van der Waals surface area contributed by atoms with Crippen LogP contribution in [0.2, 0.25) is 0 Å². The Bertz CT molecular complexity index is 767. The maximum atomic E-state index is 13.0. The van der Waals surface area contributed by atoms with Crippen LogP contribution in [0.1, 0.15) is 53.6 Å². The minimum absolute atomic E-state index is 0.170. The number of benzene rings is 1. The molecule has 2 aromatic rings. The molecular weight excluding hydrogens is 312 g/mol. The summed E-state index contributed by atoms with van der Waals surface area (Å²) >= 11 is 0. The molecule has 134 valence electrons. The summed E-state index contributed by atoms with van der Waals surface area (Å²) in [6, 6.07) is 7.75. The van der Waals surface area contributed by atoms with Gasteiger partial charge in [-0.3, -0.25) is 9.78 Å². The summed E-state index contributed by atoms with van der Waals surface area (Å²) in [5.41, 5.74) is 5.20. The van der Waals surface area contributed by atoms with Crippen molar-refractivity contribution in [3.8, 4) is 5.75 Å². The topological polar surface area (TPSA) is 51.2 Å². The minimum atomic E-state index is -0.170. The van der Waals surface area contributed by atoms with E-state index in [4.69, 9.17) is 4.74 Å². The quantitative estimate of drug-likeness (QED) is 0.817. The molecule has 25 heavy (non-hydrogen) atoms. The van der Waals surface area contributed by atoms with Crippen molar-refractivity contribution in [2.75, 3.05) is 11.9 Å². The number of rotatable bonds is 6. The first-order valence-electron chi connectivity index (χ1n) is 8.84.